The number of nitrogens with one attached hydrogen (secondary N) is 1. The van der Waals surface area contributed by atoms with E-state index in [0.717, 1.165) is 48.6 Å². The van der Waals surface area contributed by atoms with E-state index in [9.17, 15) is 8.42 Å². The second-order valence-corrected chi connectivity index (χ2v) is 10.9. The minimum atomic E-state index is -3.68. The molecule has 7 nitrogen and oxygen atoms in total. The molecule has 0 bridgehead atoms. The van der Waals surface area contributed by atoms with Crippen molar-refractivity contribution in [2.24, 2.45) is 0 Å². The summed E-state index contributed by atoms with van der Waals surface area (Å²) in [6.45, 7) is 4.09. The third kappa shape index (κ3) is 5.67. The Kier molecular flexibility index (Phi) is 7.06. The molecule has 3 aromatic carbocycles. The summed E-state index contributed by atoms with van der Waals surface area (Å²) in [5, 5.41) is 0. The first-order valence-corrected chi connectivity index (χ1v) is 13.4. The number of hydrogen-bond acceptors (Lipinski definition) is 6. The molecule has 1 unspecified atom stereocenters. The smallest absolute Gasteiger partial charge is 0.240 e. The minimum Gasteiger partial charge on any atom is -0.454 e. The van der Waals surface area contributed by atoms with Crippen molar-refractivity contribution in [3.63, 3.8) is 0 Å². The number of benzene rings is 3. The maximum atomic E-state index is 13.3. The van der Waals surface area contributed by atoms with Crippen LogP contribution in [0.5, 0.6) is 11.5 Å². The number of hydrogen-bond donors (Lipinski definition) is 1. The first kappa shape index (κ1) is 23.8. The molecule has 0 amide bonds. The lowest BCUT2D eigenvalue weighted by Gasteiger charge is -2.38. The molecule has 1 saturated heterocycles. The number of piperazine rings is 1. The van der Waals surface area contributed by atoms with Crippen molar-refractivity contribution in [3.05, 3.63) is 89.5 Å². The molecule has 0 saturated carbocycles. The summed E-state index contributed by atoms with van der Waals surface area (Å²) in [7, 11) is -1.57. The molecule has 184 valence electrons. The summed E-state index contributed by atoms with van der Waals surface area (Å²) < 4.78 is 40.6. The average Bonchev–Trinajstić information content (AvgIpc) is 3.34. The van der Waals surface area contributed by atoms with Crippen LogP contribution in [-0.2, 0) is 16.4 Å². The topological polar surface area (TPSA) is 71.1 Å². The summed E-state index contributed by atoms with van der Waals surface area (Å²) in [5.74, 6) is 1.43. The summed E-state index contributed by atoms with van der Waals surface area (Å²) in [6.07, 6.45) is 0.686. The van der Waals surface area contributed by atoms with Gasteiger partial charge in [0.25, 0.3) is 0 Å². The van der Waals surface area contributed by atoms with Crippen LogP contribution in [0.2, 0.25) is 0 Å². The zero-order chi connectivity index (χ0) is 24.3. The van der Waals surface area contributed by atoms with Crippen LogP contribution in [-0.4, -0.2) is 64.8 Å². The predicted molar refractivity (Wildman–Crippen MR) is 135 cm³/mol. The fraction of sp³-hybridized carbons (Fsp3) is 0.333. The van der Waals surface area contributed by atoms with Gasteiger partial charge in [0.2, 0.25) is 16.8 Å². The van der Waals surface area contributed by atoms with Gasteiger partial charge >= 0.3 is 0 Å². The number of fused-ring (bicyclic) bond motifs is 1. The van der Waals surface area contributed by atoms with Gasteiger partial charge in [0.1, 0.15) is 0 Å². The van der Waals surface area contributed by atoms with Crippen LogP contribution >= 0.6 is 0 Å². The average molecular weight is 494 g/mol. The van der Waals surface area contributed by atoms with Crippen LogP contribution in [0.15, 0.2) is 77.7 Å². The van der Waals surface area contributed by atoms with Crippen molar-refractivity contribution in [1.29, 1.82) is 0 Å². The van der Waals surface area contributed by atoms with E-state index >= 15 is 0 Å². The minimum absolute atomic E-state index is 0.111. The summed E-state index contributed by atoms with van der Waals surface area (Å²) in [4.78, 5) is 4.91. The normalized spacial score (nSPS) is 17.4. The highest BCUT2D eigenvalue weighted by atomic mass is 32.2. The second kappa shape index (κ2) is 10.4. The molecule has 8 heteroatoms. The Hall–Kier alpha value is -2.91. The lowest BCUT2D eigenvalue weighted by molar-refractivity contribution is 0.112. The highest BCUT2D eigenvalue weighted by Gasteiger charge is 2.27. The standard InChI is InChI=1S/C27H31N3O4S/c1-29-12-14-30(15-13-29)25(23-10-11-26-27(18-23)34-20-33-26)19-28-35(31,32)24-9-5-8-22(17-24)16-21-6-3-2-4-7-21/h2-11,17-18,25,28H,12-16,19-20H2,1H3. The molecule has 2 heterocycles. The monoisotopic (exact) mass is 493 g/mol. The summed E-state index contributed by atoms with van der Waals surface area (Å²) >= 11 is 0. The Labute approximate surface area is 207 Å². The molecule has 0 aliphatic carbocycles. The van der Waals surface area contributed by atoms with E-state index in [0.29, 0.717) is 12.2 Å². The highest BCUT2D eigenvalue weighted by Crippen LogP contribution is 2.35. The van der Waals surface area contributed by atoms with Crippen molar-refractivity contribution in [1.82, 2.24) is 14.5 Å². The van der Waals surface area contributed by atoms with Crippen LogP contribution in [0.4, 0.5) is 0 Å². The number of sulfonamides is 1. The molecular formula is C27H31N3O4S. The first-order valence-electron chi connectivity index (χ1n) is 11.9. The molecule has 5 rings (SSSR count). The molecule has 0 radical (unpaired) electrons. The number of rotatable bonds is 8. The first-order chi connectivity index (χ1) is 17.0. The zero-order valence-electron chi connectivity index (χ0n) is 19.9. The Balaban J connectivity index is 1.34. The Morgan fingerprint density at radius 1 is 0.857 bits per heavy atom. The lowest BCUT2D eigenvalue weighted by Crippen LogP contribution is -2.48. The van der Waals surface area contributed by atoms with Gasteiger partial charge in [-0.3, -0.25) is 4.90 Å². The van der Waals surface area contributed by atoms with Gasteiger partial charge in [-0.1, -0.05) is 48.5 Å². The number of ether oxygens (including phenoxy) is 2. The molecule has 0 spiro atoms. The third-order valence-electron chi connectivity index (χ3n) is 6.69. The van der Waals surface area contributed by atoms with Gasteiger partial charge < -0.3 is 14.4 Å². The van der Waals surface area contributed by atoms with Gasteiger partial charge in [0.15, 0.2) is 11.5 Å². The van der Waals surface area contributed by atoms with Gasteiger partial charge in [-0.2, -0.15) is 0 Å². The molecule has 1 fully saturated rings. The van der Waals surface area contributed by atoms with E-state index in [4.69, 9.17) is 9.47 Å². The fourth-order valence-electron chi connectivity index (χ4n) is 4.64. The fourth-order valence-corrected chi connectivity index (χ4v) is 5.75. The van der Waals surface area contributed by atoms with Gasteiger partial charge in [-0.15, -0.1) is 0 Å². The van der Waals surface area contributed by atoms with Gasteiger partial charge in [0, 0.05) is 38.8 Å². The van der Waals surface area contributed by atoms with Gasteiger partial charge in [0.05, 0.1) is 4.90 Å². The summed E-state index contributed by atoms with van der Waals surface area (Å²) in [5.41, 5.74) is 3.12. The second-order valence-electron chi connectivity index (χ2n) is 9.13. The molecule has 1 N–H and O–H groups in total. The SMILES string of the molecule is CN1CCN(C(CNS(=O)(=O)c2cccc(Cc3ccccc3)c2)c2ccc3c(c2)OCO3)CC1. The van der Waals surface area contributed by atoms with E-state index in [2.05, 4.69) is 21.6 Å². The molecular weight excluding hydrogens is 462 g/mol. The van der Waals surface area contributed by atoms with Crippen LogP contribution in [0, 0.1) is 0 Å². The zero-order valence-corrected chi connectivity index (χ0v) is 20.7. The van der Waals surface area contributed by atoms with Crippen LogP contribution in [0.1, 0.15) is 22.7 Å². The van der Waals surface area contributed by atoms with E-state index in [1.54, 1.807) is 12.1 Å². The molecule has 1 atom stereocenters. The van der Waals surface area contributed by atoms with Crippen LogP contribution in [0.25, 0.3) is 0 Å². The quantitative estimate of drug-likeness (QED) is 0.519. The molecule has 2 aliphatic heterocycles. The van der Waals surface area contributed by atoms with Gasteiger partial charge in [-0.05, 0) is 54.4 Å². The third-order valence-corrected chi connectivity index (χ3v) is 8.11. The largest absolute Gasteiger partial charge is 0.454 e. The van der Waals surface area contributed by atoms with Crippen molar-refractivity contribution < 1.29 is 17.9 Å². The molecule has 0 aromatic heterocycles. The Bertz CT molecular complexity index is 1260. The Morgan fingerprint density at radius 3 is 2.40 bits per heavy atom. The lowest BCUT2D eigenvalue weighted by atomic mass is 10.0. The summed E-state index contributed by atoms with van der Waals surface area (Å²) in [6, 6.07) is 23.0. The number of likely N-dealkylation sites (N-methyl/N-ethyl adjacent to an activating group) is 1. The van der Waals surface area contributed by atoms with Crippen molar-refractivity contribution >= 4 is 10.0 Å². The predicted octanol–water partition coefficient (Wildman–Crippen LogP) is 3.27. The van der Waals surface area contributed by atoms with E-state index < -0.39 is 10.0 Å². The molecule has 2 aliphatic rings. The van der Waals surface area contributed by atoms with Crippen LogP contribution < -0.4 is 14.2 Å². The number of nitrogens with zero attached hydrogens (tertiary/aromatic N) is 2. The maximum Gasteiger partial charge on any atom is 0.240 e. The molecule has 35 heavy (non-hydrogen) atoms. The van der Waals surface area contributed by atoms with Gasteiger partial charge in [-0.25, -0.2) is 13.1 Å². The van der Waals surface area contributed by atoms with E-state index in [1.807, 2.05) is 60.7 Å². The Morgan fingerprint density at radius 2 is 1.60 bits per heavy atom. The maximum absolute atomic E-state index is 13.3. The van der Waals surface area contributed by atoms with Crippen LogP contribution in [0.3, 0.4) is 0 Å². The highest BCUT2D eigenvalue weighted by molar-refractivity contribution is 7.89. The van der Waals surface area contributed by atoms with Crippen molar-refractivity contribution in [3.8, 4) is 11.5 Å². The molecule has 3 aromatic rings. The van der Waals surface area contributed by atoms with E-state index in [1.165, 1.54) is 0 Å². The van der Waals surface area contributed by atoms with Crippen molar-refractivity contribution in [2.45, 2.75) is 17.4 Å². The van der Waals surface area contributed by atoms with E-state index in [-0.39, 0.29) is 24.3 Å². The van der Waals surface area contributed by atoms with Crippen molar-refractivity contribution in [2.75, 3.05) is 46.6 Å².